The summed E-state index contributed by atoms with van der Waals surface area (Å²) in [6.45, 7) is 7.79. The number of H-pyrrole nitrogens is 1. The summed E-state index contributed by atoms with van der Waals surface area (Å²) < 4.78 is 28.2. The zero-order valence-corrected chi connectivity index (χ0v) is 15.6. The quantitative estimate of drug-likeness (QED) is 0.732. The molecule has 126 valence electrons. The zero-order chi connectivity index (χ0) is 17.5. The van der Waals surface area contributed by atoms with Crippen molar-refractivity contribution < 1.29 is 8.42 Å². The molecule has 0 fully saturated rings. The molecular weight excluding hydrogens is 342 g/mol. The van der Waals surface area contributed by atoms with Crippen LogP contribution in [0, 0.1) is 27.7 Å². The number of aryl methyl sites for hydroxylation is 3. The minimum absolute atomic E-state index is 0.275. The van der Waals surface area contributed by atoms with Crippen LogP contribution in [-0.2, 0) is 10.0 Å². The fourth-order valence-corrected chi connectivity index (χ4v) is 4.95. The van der Waals surface area contributed by atoms with Crippen LogP contribution in [0.1, 0.15) is 22.4 Å². The average Bonchev–Trinajstić information content (AvgIpc) is 3.06. The fourth-order valence-electron chi connectivity index (χ4n) is 2.56. The summed E-state index contributed by atoms with van der Waals surface area (Å²) >= 11 is 1.22. The lowest BCUT2D eigenvalue weighted by Crippen LogP contribution is -2.11. The van der Waals surface area contributed by atoms with Crippen molar-refractivity contribution in [1.82, 2.24) is 10.2 Å². The molecule has 0 saturated heterocycles. The minimum atomic E-state index is -3.61. The molecular formula is C17H19N3O2S2. The monoisotopic (exact) mass is 361 g/mol. The van der Waals surface area contributed by atoms with E-state index in [2.05, 4.69) is 14.9 Å². The van der Waals surface area contributed by atoms with Gasteiger partial charge in [0.05, 0.1) is 4.88 Å². The van der Waals surface area contributed by atoms with Gasteiger partial charge < -0.3 is 0 Å². The van der Waals surface area contributed by atoms with E-state index in [4.69, 9.17) is 0 Å². The molecule has 2 N–H and O–H groups in total. The van der Waals surface area contributed by atoms with Gasteiger partial charge in [0.25, 0.3) is 10.0 Å². The lowest BCUT2D eigenvalue weighted by molar-refractivity contribution is 0.603. The van der Waals surface area contributed by atoms with Crippen LogP contribution >= 0.6 is 11.3 Å². The highest BCUT2D eigenvalue weighted by atomic mass is 32.2. The molecule has 0 saturated carbocycles. The Morgan fingerprint density at radius 1 is 1.04 bits per heavy atom. The van der Waals surface area contributed by atoms with Gasteiger partial charge in [-0.3, -0.25) is 9.82 Å². The van der Waals surface area contributed by atoms with Gasteiger partial charge in [-0.15, -0.1) is 11.3 Å². The van der Waals surface area contributed by atoms with E-state index in [1.807, 2.05) is 45.9 Å². The number of nitrogens with one attached hydrogen (secondary N) is 2. The molecule has 0 unspecified atom stereocenters. The molecule has 3 rings (SSSR count). The van der Waals surface area contributed by atoms with Gasteiger partial charge in [-0.05, 0) is 68.7 Å². The van der Waals surface area contributed by atoms with Crippen LogP contribution in [0.5, 0.6) is 0 Å². The average molecular weight is 361 g/mol. The number of nitrogens with zero attached hydrogens (tertiary/aromatic N) is 1. The van der Waals surface area contributed by atoms with Crippen LogP contribution in [0.15, 0.2) is 34.5 Å². The largest absolute Gasteiger partial charge is 0.282 e. The molecule has 3 aromatic rings. The standard InChI is InChI=1S/C17H19N3O2S2/c1-10-7-11(2)9-14(8-10)20-24(21,22)16-6-5-15(23-16)17-12(3)13(4)18-19-17/h5-9,20H,1-4H3,(H,18,19). The first-order valence-corrected chi connectivity index (χ1v) is 9.79. The third-order valence-electron chi connectivity index (χ3n) is 3.81. The summed E-state index contributed by atoms with van der Waals surface area (Å²) in [5, 5.41) is 7.19. The second-order valence-electron chi connectivity index (χ2n) is 5.92. The number of rotatable bonds is 4. The van der Waals surface area contributed by atoms with Crippen molar-refractivity contribution in [2.45, 2.75) is 31.9 Å². The van der Waals surface area contributed by atoms with Crippen LogP contribution in [0.3, 0.4) is 0 Å². The topological polar surface area (TPSA) is 74.8 Å². The summed E-state index contributed by atoms with van der Waals surface area (Å²) in [7, 11) is -3.61. The number of aromatic nitrogens is 2. The van der Waals surface area contributed by atoms with Crippen LogP contribution in [0.25, 0.3) is 10.6 Å². The molecule has 0 radical (unpaired) electrons. The van der Waals surface area contributed by atoms with Crippen LogP contribution in [0.4, 0.5) is 5.69 Å². The van der Waals surface area contributed by atoms with E-state index in [0.717, 1.165) is 33.0 Å². The molecule has 0 aliphatic heterocycles. The first-order valence-electron chi connectivity index (χ1n) is 7.49. The number of anilines is 1. The summed E-state index contributed by atoms with van der Waals surface area (Å²) in [5.74, 6) is 0. The van der Waals surface area contributed by atoms with Gasteiger partial charge in [-0.1, -0.05) is 6.07 Å². The molecule has 0 amide bonds. The maximum atomic E-state index is 12.6. The van der Waals surface area contributed by atoms with Gasteiger partial charge >= 0.3 is 0 Å². The Hall–Kier alpha value is -2.12. The highest BCUT2D eigenvalue weighted by Gasteiger charge is 2.19. The van der Waals surface area contributed by atoms with Crippen LogP contribution < -0.4 is 4.72 Å². The van der Waals surface area contributed by atoms with Crippen molar-refractivity contribution in [3.05, 3.63) is 52.7 Å². The molecule has 7 heteroatoms. The predicted octanol–water partition coefficient (Wildman–Crippen LogP) is 4.17. The lowest BCUT2D eigenvalue weighted by Gasteiger charge is -2.08. The second kappa shape index (κ2) is 6.07. The molecule has 0 aliphatic rings. The summed E-state index contributed by atoms with van der Waals surface area (Å²) in [6.07, 6.45) is 0. The second-order valence-corrected chi connectivity index (χ2v) is 8.92. The summed E-state index contributed by atoms with van der Waals surface area (Å²) in [4.78, 5) is 0.831. The van der Waals surface area contributed by atoms with Gasteiger partial charge in [0, 0.05) is 11.4 Å². The third kappa shape index (κ3) is 3.22. The smallest absolute Gasteiger partial charge is 0.271 e. The van der Waals surface area contributed by atoms with Gasteiger partial charge in [0.1, 0.15) is 9.90 Å². The molecule has 2 aromatic heterocycles. The van der Waals surface area contributed by atoms with Crippen molar-refractivity contribution in [1.29, 1.82) is 0 Å². The molecule has 24 heavy (non-hydrogen) atoms. The molecule has 0 spiro atoms. The Morgan fingerprint density at radius 3 is 2.29 bits per heavy atom. The van der Waals surface area contributed by atoms with Gasteiger partial charge in [0.15, 0.2) is 0 Å². The number of hydrogen-bond acceptors (Lipinski definition) is 4. The minimum Gasteiger partial charge on any atom is -0.282 e. The first-order chi connectivity index (χ1) is 11.3. The van der Waals surface area contributed by atoms with E-state index < -0.39 is 10.0 Å². The summed E-state index contributed by atoms with van der Waals surface area (Å²) in [6, 6.07) is 9.06. The van der Waals surface area contributed by atoms with Crippen molar-refractivity contribution >= 4 is 27.0 Å². The Labute approximate surface area is 145 Å². The maximum Gasteiger partial charge on any atom is 0.271 e. The van der Waals surface area contributed by atoms with Crippen molar-refractivity contribution in [3.63, 3.8) is 0 Å². The maximum absolute atomic E-state index is 12.6. The Morgan fingerprint density at radius 2 is 1.71 bits per heavy atom. The highest BCUT2D eigenvalue weighted by molar-refractivity contribution is 7.94. The Balaban J connectivity index is 1.92. The lowest BCUT2D eigenvalue weighted by atomic mass is 10.1. The normalized spacial score (nSPS) is 11.7. The third-order valence-corrected chi connectivity index (χ3v) is 6.77. The fraction of sp³-hybridized carbons (Fsp3) is 0.235. The number of hydrogen-bond donors (Lipinski definition) is 2. The van der Waals surface area contributed by atoms with Crippen molar-refractivity contribution in [3.8, 4) is 10.6 Å². The van der Waals surface area contributed by atoms with E-state index in [1.165, 1.54) is 11.3 Å². The predicted molar refractivity (Wildman–Crippen MR) is 98.1 cm³/mol. The van der Waals surface area contributed by atoms with Crippen LogP contribution in [0.2, 0.25) is 0 Å². The van der Waals surface area contributed by atoms with E-state index in [1.54, 1.807) is 12.1 Å². The van der Waals surface area contributed by atoms with Crippen molar-refractivity contribution in [2.24, 2.45) is 0 Å². The Bertz CT molecular complexity index is 981. The highest BCUT2D eigenvalue weighted by Crippen LogP contribution is 2.33. The van der Waals surface area contributed by atoms with Crippen molar-refractivity contribution in [2.75, 3.05) is 4.72 Å². The molecule has 2 heterocycles. The van der Waals surface area contributed by atoms with Crippen LogP contribution in [-0.4, -0.2) is 18.6 Å². The summed E-state index contributed by atoms with van der Waals surface area (Å²) in [5.41, 5.74) is 5.42. The van der Waals surface area contributed by atoms with E-state index in [9.17, 15) is 8.42 Å². The molecule has 0 bridgehead atoms. The molecule has 0 aliphatic carbocycles. The van der Waals surface area contributed by atoms with Gasteiger partial charge in [-0.2, -0.15) is 5.10 Å². The molecule has 0 atom stereocenters. The zero-order valence-electron chi connectivity index (χ0n) is 14.0. The number of aromatic amines is 1. The van der Waals surface area contributed by atoms with Gasteiger partial charge in [-0.25, -0.2) is 8.42 Å². The van der Waals surface area contributed by atoms with E-state index in [-0.39, 0.29) is 4.21 Å². The molecule has 5 nitrogen and oxygen atoms in total. The van der Waals surface area contributed by atoms with E-state index in [0.29, 0.717) is 5.69 Å². The van der Waals surface area contributed by atoms with E-state index >= 15 is 0 Å². The number of sulfonamides is 1. The number of benzene rings is 1. The SMILES string of the molecule is Cc1cc(C)cc(NS(=O)(=O)c2ccc(-c3n[nH]c(C)c3C)s2)c1. The van der Waals surface area contributed by atoms with Gasteiger partial charge in [0.2, 0.25) is 0 Å². The molecule has 1 aromatic carbocycles. The Kier molecular flexibility index (Phi) is 4.23. The number of thiophene rings is 1. The first kappa shape index (κ1) is 16.7.